The van der Waals surface area contributed by atoms with Gasteiger partial charge in [-0.1, -0.05) is 0 Å². The number of nitrogens with two attached hydrogens (primary N) is 1. The Labute approximate surface area is 124 Å². The van der Waals surface area contributed by atoms with E-state index in [9.17, 15) is 0 Å². The summed E-state index contributed by atoms with van der Waals surface area (Å²) in [7, 11) is 7.24. The summed E-state index contributed by atoms with van der Waals surface area (Å²) in [6.07, 6.45) is 1.74. The molecule has 0 bridgehead atoms. The van der Waals surface area contributed by atoms with Crippen molar-refractivity contribution >= 4 is 22.3 Å². The lowest BCUT2D eigenvalue weighted by Crippen LogP contribution is -2.21. The molecule has 6 heteroatoms. The first-order valence-electron chi connectivity index (χ1n) is 6.76. The van der Waals surface area contributed by atoms with E-state index in [1.165, 1.54) is 0 Å². The van der Waals surface area contributed by atoms with Gasteiger partial charge in [-0.2, -0.15) is 0 Å². The normalized spacial score (nSPS) is 10.9. The summed E-state index contributed by atoms with van der Waals surface area (Å²) in [5.74, 6) is 1.95. The molecule has 0 saturated carbocycles. The van der Waals surface area contributed by atoms with E-state index in [4.69, 9.17) is 15.2 Å². The van der Waals surface area contributed by atoms with Crippen LogP contribution in [0.2, 0.25) is 0 Å². The van der Waals surface area contributed by atoms with Gasteiger partial charge >= 0.3 is 0 Å². The van der Waals surface area contributed by atoms with Crippen LogP contribution >= 0.6 is 0 Å². The monoisotopic (exact) mass is 290 g/mol. The van der Waals surface area contributed by atoms with Gasteiger partial charge in [0.2, 0.25) is 0 Å². The lowest BCUT2D eigenvalue weighted by Gasteiger charge is -2.16. The minimum Gasteiger partial charge on any atom is -0.493 e. The second kappa shape index (κ2) is 6.49. The van der Waals surface area contributed by atoms with Crippen LogP contribution in [0, 0.1) is 0 Å². The van der Waals surface area contributed by atoms with Crippen LogP contribution in [0.25, 0.3) is 10.8 Å². The van der Waals surface area contributed by atoms with Gasteiger partial charge in [0.1, 0.15) is 5.82 Å². The SMILES string of the molecule is COc1cc2c(NCCN(C)C)nccc2c(N)c1OC. The van der Waals surface area contributed by atoms with Crippen molar-refractivity contribution in [1.82, 2.24) is 9.88 Å². The van der Waals surface area contributed by atoms with Crippen LogP contribution in [0.1, 0.15) is 0 Å². The second-order valence-electron chi connectivity index (χ2n) is 5.01. The minimum absolute atomic E-state index is 0.551. The molecule has 0 spiro atoms. The number of methoxy groups -OCH3 is 2. The molecule has 1 aromatic carbocycles. The maximum atomic E-state index is 6.18. The fourth-order valence-electron chi connectivity index (χ4n) is 2.21. The molecular weight excluding hydrogens is 268 g/mol. The van der Waals surface area contributed by atoms with Gasteiger partial charge in [0.05, 0.1) is 19.9 Å². The molecular formula is C15H22N4O2. The van der Waals surface area contributed by atoms with E-state index in [0.29, 0.717) is 17.2 Å². The van der Waals surface area contributed by atoms with Crippen LogP contribution < -0.4 is 20.5 Å². The average molecular weight is 290 g/mol. The number of rotatable bonds is 6. The first-order valence-corrected chi connectivity index (χ1v) is 6.76. The van der Waals surface area contributed by atoms with Crippen LogP contribution in [0.15, 0.2) is 18.3 Å². The van der Waals surface area contributed by atoms with E-state index in [1.54, 1.807) is 20.4 Å². The molecule has 2 aromatic rings. The Morgan fingerprint density at radius 1 is 1.24 bits per heavy atom. The highest BCUT2D eigenvalue weighted by molar-refractivity contribution is 6.03. The number of nitrogens with one attached hydrogen (secondary N) is 1. The summed E-state index contributed by atoms with van der Waals surface area (Å²) in [5, 5.41) is 5.15. The highest BCUT2D eigenvalue weighted by atomic mass is 16.5. The molecule has 1 heterocycles. The van der Waals surface area contributed by atoms with E-state index in [1.807, 2.05) is 26.2 Å². The highest BCUT2D eigenvalue weighted by Gasteiger charge is 2.15. The smallest absolute Gasteiger partial charge is 0.184 e. The van der Waals surface area contributed by atoms with Crippen molar-refractivity contribution in [1.29, 1.82) is 0 Å². The molecule has 0 fully saturated rings. The fourth-order valence-corrected chi connectivity index (χ4v) is 2.21. The van der Waals surface area contributed by atoms with Gasteiger partial charge in [-0.05, 0) is 26.2 Å². The maximum Gasteiger partial charge on any atom is 0.184 e. The molecule has 114 valence electrons. The Hall–Kier alpha value is -2.21. The molecule has 3 N–H and O–H groups in total. The molecule has 1 aromatic heterocycles. The van der Waals surface area contributed by atoms with Crippen LogP contribution in [-0.4, -0.2) is 51.3 Å². The number of hydrogen-bond donors (Lipinski definition) is 2. The van der Waals surface area contributed by atoms with Crippen molar-refractivity contribution in [2.75, 3.05) is 52.5 Å². The molecule has 6 nitrogen and oxygen atoms in total. The Morgan fingerprint density at radius 2 is 2.00 bits per heavy atom. The predicted octanol–water partition coefficient (Wildman–Crippen LogP) is 1.81. The number of fused-ring (bicyclic) bond motifs is 1. The number of nitrogens with zero attached hydrogens (tertiary/aromatic N) is 2. The zero-order valence-electron chi connectivity index (χ0n) is 12.9. The molecule has 2 rings (SSSR count). The number of aromatic nitrogens is 1. The minimum atomic E-state index is 0.551. The van der Waals surface area contributed by atoms with E-state index >= 15 is 0 Å². The third-order valence-corrected chi connectivity index (χ3v) is 3.30. The molecule has 0 unspecified atom stereocenters. The Morgan fingerprint density at radius 3 is 2.62 bits per heavy atom. The van der Waals surface area contributed by atoms with Gasteiger partial charge in [0.25, 0.3) is 0 Å². The van der Waals surface area contributed by atoms with Crippen molar-refractivity contribution in [3.63, 3.8) is 0 Å². The number of ether oxygens (including phenoxy) is 2. The van der Waals surface area contributed by atoms with Gasteiger partial charge in [0, 0.05) is 30.1 Å². The van der Waals surface area contributed by atoms with Gasteiger partial charge in [-0.15, -0.1) is 0 Å². The number of nitrogen functional groups attached to an aromatic ring is 1. The number of benzene rings is 1. The summed E-state index contributed by atoms with van der Waals surface area (Å²) < 4.78 is 10.7. The summed E-state index contributed by atoms with van der Waals surface area (Å²) in [6.45, 7) is 1.72. The Balaban J connectivity index is 2.46. The molecule has 0 radical (unpaired) electrons. The quantitative estimate of drug-likeness (QED) is 0.791. The summed E-state index contributed by atoms with van der Waals surface area (Å²) in [5.41, 5.74) is 6.74. The van der Waals surface area contributed by atoms with Gasteiger partial charge < -0.3 is 25.4 Å². The van der Waals surface area contributed by atoms with Crippen LogP contribution in [-0.2, 0) is 0 Å². The van der Waals surface area contributed by atoms with E-state index in [0.717, 1.165) is 29.7 Å². The van der Waals surface area contributed by atoms with Crippen molar-refractivity contribution < 1.29 is 9.47 Å². The molecule has 21 heavy (non-hydrogen) atoms. The van der Waals surface area contributed by atoms with Gasteiger partial charge in [0.15, 0.2) is 11.5 Å². The molecule has 0 amide bonds. The van der Waals surface area contributed by atoms with Crippen LogP contribution in [0.4, 0.5) is 11.5 Å². The maximum absolute atomic E-state index is 6.18. The Kier molecular flexibility index (Phi) is 4.70. The highest BCUT2D eigenvalue weighted by Crippen LogP contribution is 2.41. The summed E-state index contributed by atoms with van der Waals surface area (Å²) in [4.78, 5) is 6.50. The van der Waals surface area contributed by atoms with Gasteiger partial charge in [-0.3, -0.25) is 0 Å². The van der Waals surface area contributed by atoms with E-state index in [2.05, 4.69) is 15.2 Å². The topological polar surface area (TPSA) is 72.6 Å². The zero-order chi connectivity index (χ0) is 15.4. The van der Waals surface area contributed by atoms with Crippen LogP contribution in [0.5, 0.6) is 11.5 Å². The van der Waals surface area contributed by atoms with Gasteiger partial charge in [-0.25, -0.2) is 4.98 Å². The molecule has 0 aliphatic carbocycles. The second-order valence-corrected chi connectivity index (χ2v) is 5.01. The fraction of sp³-hybridized carbons (Fsp3) is 0.400. The molecule has 0 aliphatic rings. The summed E-state index contributed by atoms with van der Waals surface area (Å²) >= 11 is 0. The lowest BCUT2D eigenvalue weighted by atomic mass is 10.1. The van der Waals surface area contributed by atoms with E-state index in [-0.39, 0.29) is 0 Å². The molecule has 0 aliphatic heterocycles. The number of anilines is 2. The third kappa shape index (κ3) is 3.11. The van der Waals surface area contributed by atoms with Crippen molar-refractivity contribution in [3.8, 4) is 11.5 Å². The first kappa shape index (κ1) is 15.2. The molecule has 0 atom stereocenters. The standard InChI is InChI=1S/C15H22N4O2/c1-19(2)8-7-18-15-11-9-12(20-3)14(21-4)13(16)10(11)5-6-17-15/h5-6,9H,7-8,16H2,1-4H3,(H,17,18). The van der Waals surface area contributed by atoms with Crippen molar-refractivity contribution in [2.45, 2.75) is 0 Å². The third-order valence-electron chi connectivity index (χ3n) is 3.30. The van der Waals surface area contributed by atoms with Crippen molar-refractivity contribution in [2.24, 2.45) is 0 Å². The van der Waals surface area contributed by atoms with E-state index < -0.39 is 0 Å². The first-order chi connectivity index (χ1) is 10.1. The van der Waals surface area contributed by atoms with Crippen LogP contribution in [0.3, 0.4) is 0 Å². The average Bonchev–Trinajstić information content (AvgIpc) is 2.47. The number of pyridine rings is 1. The molecule has 0 saturated heterocycles. The van der Waals surface area contributed by atoms with Crippen molar-refractivity contribution in [3.05, 3.63) is 18.3 Å². The largest absolute Gasteiger partial charge is 0.493 e. The predicted molar refractivity (Wildman–Crippen MR) is 86.3 cm³/mol. The Bertz CT molecular complexity index is 629. The zero-order valence-corrected chi connectivity index (χ0v) is 12.9. The lowest BCUT2D eigenvalue weighted by molar-refractivity contribution is 0.357. The number of likely N-dealkylation sites (N-methyl/N-ethyl adjacent to an activating group) is 1. The summed E-state index contributed by atoms with van der Waals surface area (Å²) in [6, 6.07) is 3.78. The number of hydrogen-bond acceptors (Lipinski definition) is 6.